The molecule has 0 aliphatic rings. The van der Waals surface area contributed by atoms with E-state index >= 15 is 0 Å². The molecule has 0 aliphatic heterocycles. The molecule has 116 valence electrons. The van der Waals surface area contributed by atoms with E-state index in [0.717, 1.165) is 4.47 Å². The summed E-state index contributed by atoms with van der Waals surface area (Å²) in [6.07, 6.45) is 1.42. The Balaban J connectivity index is 2.13. The smallest absolute Gasteiger partial charge is 0.276 e. The highest BCUT2D eigenvalue weighted by atomic mass is 79.9. The largest absolute Gasteiger partial charge is 0.493 e. The van der Waals surface area contributed by atoms with E-state index in [2.05, 4.69) is 25.9 Å². The van der Waals surface area contributed by atoms with Crippen molar-refractivity contribution in [3.63, 3.8) is 0 Å². The summed E-state index contributed by atoms with van der Waals surface area (Å²) in [5, 5.41) is 3.80. The van der Waals surface area contributed by atoms with Crippen LogP contribution >= 0.6 is 15.9 Å². The number of halogens is 1. The SMILES string of the molecule is CCOc1ccccc1/C=N/NS(=O)(=O)c1ccc(Br)cc1. The molecule has 0 fully saturated rings. The Hall–Kier alpha value is -1.86. The molecule has 7 heteroatoms. The molecule has 0 aliphatic carbocycles. The van der Waals surface area contributed by atoms with Gasteiger partial charge >= 0.3 is 0 Å². The van der Waals surface area contributed by atoms with E-state index in [0.29, 0.717) is 17.9 Å². The van der Waals surface area contributed by atoms with Crippen LogP contribution < -0.4 is 9.57 Å². The highest BCUT2D eigenvalue weighted by Gasteiger charge is 2.12. The van der Waals surface area contributed by atoms with Gasteiger partial charge in [0.2, 0.25) is 0 Å². The van der Waals surface area contributed by atoms with Gasteiger partial charge in [0.15, 0.2) is 0 Å². The van der Waals surface area contributed by atoms with Crippen LogP contribution in [0.25, 0.3) is 0 Å². The van der Waals surface area contributed by atoms with E-state index in [4.69, 9.17) is 4.74 Å². The Morgan fingerprint density at radius 1 is 1.18 bits per heavy atom. The molecule has 1 N–H and O–H groups in total. The zero-order chi connectivity index (χ0) is 16.0. The number of benzene rings is 2. The molecule has 2 aromatic rings. The number of hydrogen-bond donors (Lipinski definition) is 1. The van der Waals surface area contributed by atoms with Crippen LogP contribution in [0.15, 0.2) is 63.0 Å². The summed E-state index contributed by atoms with van der Waals surface area (Å²) in [4.78, 5) is 2.33. The summed E-state index contributed by atoms with van der Waals surface area (Å²) in [6, 6.07) is 13.6. The number of nitrogens with one attached hydrogen (secondary N) is 1. The number of hydrazone groups is 1. The van der Waals surface area contributed by atoms with Crippen LogP contribution in [0.3, 0.4) is 0 Å². The Morgan fingerprint density at radius 2 is 1.86 bits per heavy atom. The third-order valence-corrected chi connectivity index (χ3v) is 4.49. The molecular formula is C15H15BrN2O3S. The molecule has 0 saturated heterocycles. The summed E-state index contributed by atoms with van der Waals surface area (Å²) in [7, 11) is -3.68. The number of ether oxygens (including phenoxy) is 1. The molecule has 22 heavy (non-hydrogen) atoms. The van der Waals surface area contributed by atoms with Gasteiger partial charge in [-0.1, -0.05) is 28.1 Å². The zero-order valence-corrected chi connectivity index (χ0v) is 14.3. The van der Waals surface area contributed by atoms with Crippen molar-refractivity contribution in [1.82, 2.24) is 4.83 Å². The highest BCUT2D eigenvalue weighted by Crippen LogP contribution is 2.16. The first-order valence-electron chi connectivity index (χ1n) is 6.55. The van der Waals surface area contributed by atoms with Crippen LogP contribution in [-0.2, 0) is 10.0 Å². The van der Waals surface area contributed by atoms with Crippen molar-refractivity contribution < 1.29 is 13.2 Å². The Labute approximate surface area is 138 Å². The predicted molar refractivity (Wildman–Crippen MR) is 89.7 cm³/mol. The van der Waals surface area contributed by atoms with Gasteiger partial charge in [0.1, 0.15) is 5.75 Å². The fourth-order valence-electron chi connectivity index (χ4n) is 1.71. The van der Waals surface area contributed by atoms with E-state index in [1.165, 1.54) is 18.3 Å². The van der Waals surface area contributed by atoms with Crippen LogP contribution in [0.4, 0.5) is 0 Å². The Bertz CT molecular complexity index is 759. The minimum atomic E-state index is -3.68. The van der Waals surface area contributed by atoms with Gasteiger partial charge < -0.3 is 4.74 Å². The molecule has 0 aromatic heterocycles. The minimum Gasteiger partial charge on any atom is -0.493 e. The monoisotopic (exact) mass is 382 g/mol. The van der Waals surface area contributed by atoms with E-state index in [-0.39, 0.29) is 4.90 Å². The molecule has 2 aromatic carbocycles. The van der Waals surface area contributed by atoms with Crippen molar-refractivity contribution in [2.24, 2.45) is 5.10 Å². The van der Waals surface area contributed by atoms with Gasteiger partial charge in [0, 0.05) is 10.0 Å². The minimum absolute atomic E-state index is 0.144. The highest BCUT2D eigenvalue weighted by molar-refractivity contribution is 9.10. The second-order valence-corrected chi connectivity index (χ2v) is 6.85. The quantitative estimate of drug-likeness (QED) is 0.616. The fraction of sp³-hybridized carbons (Fsp3) is 0.133. The molecule has 0 atom stereocenters. The van der Waals surface area contributed by atoms with Crippen molar-refractivity contribution >= 4 is 32.2 Å². The molecule has 0 heterocycles. The van der Waals surface area contributed by atoms with E-state index in [1.54, 1.807) is 24.3 Å². The Kier molecular flexibility index (Phi) is 5.57. The lowest BCUT2D eigenvalue weighted by atomic mass is 10.2. The molecule has 0 unspecified atom stereocenters. The maximum Gasteiger partial charge on any atom is 0.276 e. The maximum atomic E-state index is 12.1. The number of hydrogen-bond acceptors (Lipinski definition) is 4. The molecule has 0 spiro atoms. The van der Waals surface area contributed by atoms with Crippen molar-refractivity contribution in [3.05, 3.63) is 58.6 Å². The normalized spacial score (nSPS) is 11.5. The van der Waals surface area contributed by atoms with Gasteiger partial charge in [-0.15, -0.1) is 0 Å². The van der Waals surface area contributed by atoms with Crippen LogP contribution in [0, 0.1) is 0 Å². The third-order valence-electron chi connectivity index (χ3n) is 2.72. The van der Waals surface area contributed by atoms with Gasteiger partial charge in [0.05, 0.1) is 17.7 Å². The van der Waals surface area contributed by atoms with Crippen LogP contribution in [0.1, 0.15) is 12.5 Å². The van der Waals surface area contributed by atoms with Gasteiger partial charge in [-0.25, -0.2) is 4.83 Å². The zero-order valence-electron chi connectivity index (χ0n) is 11.9. The molecule has 0 amide bonds. The second kappa shape index (κ2) is 7.42. The van der Waals surface area contributed by atoms with Gasteiger partial charge in [-0.05, 0) is 43.3 Å². The molecular weight excluding hydrogens is 368 g/mol. The lowest BCUT2D eigenvalue weighted by Gasteiger charge is -2.06. The first kappa shape index (κ1) is 16.5. The van der Waals surface area contributed by atoms with Crippen LogP contribution in [0.5, 0.6) is 5.75 Å². The first-order valence-corrected chi connectivity index (χ1v) is 8.83. The first-order chi connectivity index (χ1) is 10.5. The van der Waals surface area contributed by atoms with Crippen LogP contribution in [-0.4, -0.2) is 21.2 Å². The molecule has 0 radical (unpaired) electrons. The standard InChI is InChI=1S/C15H15BrN2O3S/c1-2-21-15-6-4-3-5-12(15)11-17-18-22(19,20)14-9-7-13(16)8-10-14/h3-11,18H,2H2,1H3/b17-11+. The summed E-state index contributed by atoms with van der Waals surface area (Å²) >= 11 is 3.26. The Morgan fingerprint density at radius 3 is 2.55 bits per heavy atom. The summed E-state index contributed by atoms with van der Waals surface area (Å²) < 4.78 is 30.4. The average molecular weight is 383 g/mol. The van der Waals surface area contributed by atoms with Crippen molar-refractivity contribution in [2.75, 3.05) is 6.61 Å². The van der Waals surface area contributed by atoms with Crippen molar-refractivity contribution in [3.8, 4) is 5.75 Å². The van der Waals surface area contributed by atoms with E-state index in [9.17, 15) is 8.42 Å². The van der Waals surface area contributed by atoms with Gasteiger partial charge in [0.25, 0.3) is 10.0 Å². The van der Waals surface area contributed by atoms with Gasteiger partial charge in [-0.2, -0.15) is 13.5 Å². The average Bonchev–Trinajstić information content (AvgIpc) is 2.49. The van der Waals surface area contributed by atoms with Crippen molar-refractivity contribution in [1.29, 1.82) is 0 Å². The van der Waals surface area contributed by atoms with Crippen LogP contribution in [0.2, 0.25) is 0 Å². The fourth-order valence-corrected chi connectivity index (χ4v) is 2.76. The lowest BCUT2D eigenvalue weighted by Crippen LogP contribution is -2.18. The molecule has 2 rings (SSSR count). The predicted octanol–water partition coefficient (Wildman–Crippen LogP) is 3.16. The number of para-hydroxylation sites is 1. The molecule has 0 bridgehead atoms. The summed E-state index contributed by atoms with van der Waals surface area (Å²) in [5.74, 6) is 0.650. The number of sulfonamides is 1. The van der Waals surface area contributed by atoms with E-state index < -0.39 is 10.0 Å². The van der Waals surface area contributed by atoms with E-state index in [1.807, 2.05) is 19.1 Å². The lowest BCUT2D eigenvalue weighted by molar-refractivity contribution is 0.340. The molecule has 5 nitrogen and oxygen atoms in total. The maximum absolute atomic E-state index is 12.1. The number of rotatable bonds is 6. The van der Waals surface area contributed by atoms with Crippen molar-refractivity contribution in [2.45, 2.75) is 11.8 Å². The third kappa shape index (κ3) is 4.32. The topological polar surface area (TPSA) is 67.8 Å². The van der Waals surface area contributed by atoms with Gasteiger partial charge in [-0.3, -0.25) is 0 Å². The number of nitrogens with zero attached hydrogens (tertiary/aromatic N) is 1. The molecule has 0 saturated carbocycles. The summed E-state index contributed by atoms with van der Waals surface area (Å²) in [6.45, 7) is 2.40. The second-order valence-electron chi connectivity index (χ2n) is 4.28. The summed E-state index contributed by atoms with van der Waals surface area (Å²) in [5.41, 5.74) is 0.697.